The molecule has 0 N–H and O–H groups in total. The fourth-order valence-corrected chi connectivity index (χ4v) is 3.85. The third kappa shape index (κ3) is 3.78. The predicted molar refractivity (Wildman–Crippen MR) is 103 cm³/mol. The van der Waals surface area contributed by atoms with Crippen molar-refractivity contribution in [1.29, 1.82) is 0 Å². The SMILES string of the molecule is CCCCCC(CC)C(=O)OCC1c2ccccc2-c2ccccc21. The van der Waals surface area contributed by atoms with E-state index in [2.05, 4.69) is 62.4 Å². The van der Waals surface area contributed by atoms with Crippen LogP contribution in [0.4, 0.5) is 0 Å². The van der Waals surface area contributed by atoms with Gasteiger partial charge in [0.05, 0.1) is 5.92 Å². The second-order valence-corrected chi connectivity index (χ2v) is 6.96. The van der Waals surface area contributed by atoms with Crippen LogP contribution in [-0.2, 0) is 9.53 Å². The van der Waals surface area contributed by atoms with Gasteiger partial charge in [-0.15, -0.1) is 0 Å². The summed E-state index contributed by atoms with van der Waals surface area (Å²) in [6.45, 7) is 4.71. The molecule has 0 amide bonds. The molecule has 0 saturated carbocycles. The normalized spacial score (nSPS) is 14.0. The fraction of sp³-hybridized carbons (Fsp3) is 0.435. The van der Waals surface area contributed by atoms with Gasteiger partial charge in [-0.2, -0.15) is 0 Å². The molecule has 3 rings (SSSR count). The van der Waals surface area contributed by atoms with Gasteiger partial charge in [0.1, 0.15) is 6.61 Å². The van der Waals surface area contributed by atoms with E-state index in [-0.39, 0.29) is 17.8 Å². The Morgan fingerprint density at radius 3 is 2.12 bits per heavy atom. The predicted octanol–water partition coefficient (Wildman–Crippen LogP) is 5.95. The van der Waals surface area contributed by atoms with Gasteiger partial charge in [-0.05, 0) is 35.1 Å². The van der Waals surface area contributed by atoms with E-state index in [1.54, 1.807) is 0 Å². The molecule has 25 heavy (non-hydrogen) atoms. The molecular formula is C23H28O2. The van der Waals surface area contributed by atoms with Gasteiger partial charge in [-0.3, -0.25) is 4.79 Å². The van der Waals surface area contributed by atoms with E-state index in [4.69, 9.17) is 4.74 Å². The molecule has 1 aliphatic carbocycles. The number of ether oxygens (including phenoxy) is 1. The Labute approximate surface area is 151 Å². The highest BCUT2D eigenvalue weighted by atomic mass is 16.5. The molecule has 1 unspecified atom stereocenters. The van der Waals surface area contributed by atoms with Gasteiger partial charge in [0.15, 0.2) is 0 Å². The minimum Gasteiger partial charge on any atom is -0.464 e. The van der Waals surface area contributed by atoms with E-state index in [0.717, 1.165) is 19.3 Å². The van der Waals surface area contributed by atoms with Gasteiger partial charge in [-0.25, -0.2) is 0 Å². The summed E-state index contributed by atoms with van der Waals surface area (Å²) in [5.41, 5.74) is 5.09. The summed E-state index contributed by atoms with van der Waals surface area (Å²) in [5, 5.41) is 0. The van der Waals surface area contributed by atoms with Gasteiger partial charge in [-0.1, -0.05) is 81.6 Å². The van der Waals surface area contributed by atoms with E-state index < -0.39 is 0 Å². The van der Waals surface area contributed by atoms with Crippen molar-refractivity contribution in [1.82, 2.24) is 0 Å². The maximum atomic E-state index is 12.5. The smallest absolute Gasteiger partial charge is 0.308 e. The molecule has 0 fully saturated rings. The Kier molecular flexibility index (Phi) is 5.91. The summed E-state index contributed by atoms with van der Waals surface area (Å²) in [6, 6.07) is 16.9. The van der Waals surface area contributed by atoms with Crippen LogP contribution in [0.3, 0.4) is 0 Å². The molecule has 0 bridgehead atoms. The van der Waals surface area contributed by atoms with Gasteiger partial charge in [0.25, 0.3) is 0 Å². The average Bonchev–Trinajstić information content (AvgIpc) is 2.97. The lowest BCUT2D eigenvalue weighted by atomic mass is 9.97. The third-order valence-corrected chi connectivity index (χ3v) is 5.34. The number of unbranched alkanes of at least 4 members (excludes halogenated alkanes) is 2. The molecule has 2 heteroatoms. The van der Waals surface area contributed by atoms with Crippen LogP contribution in [-0.4, -0.2) is 12.6 Å². The number of esters is 1. The monoisotopic (exact) mass is 336 g/mol. The Morgan fingerprint density at radius 1 is 0.960 bits per heavy atom. The summed E-state index contributed by atoms with van der Waals surface area (Å²) in [4.78, 5) is 12.5. The molecular weight excluding hydrogens is 308 g/mol. The molecule has 0 aromatic heterocycles. The maximum absolute atomic E-state index is 12.5. The van der Waals surface area contributed by atoms with Gasteiger partial charge in [0, 0.05) is 5.92 Å². The molecule has 0 heterocycles. The largest absolute Gasteiger partial charge is 0.464 e. The second-order valence-electron chi connectivity index (χ2n) is 6.96. The first-order valence-corrected chi connectivity index (χ1v) is 9.61. The van der Waals surface area contributed by atoms with Crippen LogP contribution >= 0.6 is 0 Å². The topological polar surface area (TPSA) is 26.3 Å². The van der Waals surface area contributed by atoms with Crippen molar-refractivity contribution in [2.75, 3.05) is 6.61 Å². The highest BCUT2D eigenvalue weighted by Gasteiger charge is 2.29. The molecule has 1 aliphatic rings. The zero-order chi connectivity index (χ0) is 17.6. The van der Waals surface area contributed by atoms with Gasteiger partial charge < -0.3 is 4.74 Å². The second kappa shape index (κ2) is 8.33. The highest BCUT2D eigenvalue weighted by molar-refractivity contribution is 5.79. The number of carbonyl (C=O) groups excluding carboxylic acids is 1. The van der Waals surface area contributed by atoms with Gasteiger partial charge in [0.2, 0.25) is 0 Å². The van der Waals surface area contributed by atoms with Crippen LogP contribution in [0.1, 0.15) is 63.0 Å². The minimum atomic E-state index is -0.0273. The molecule has 0 saturated heterocycles. The van der Waals surface area contributed by atoms with Crippen molar-refractivity contribution in [3.8, 4) is 11.1 Å². The van der Waals surface area contributed by atoms with Crippen molar-refractivity contribution in [3.05, 3.63) is 59.7 Å². The number of hydrogen-bond acceptors (Lipinski definition) is 2. The number of hydrogen-bond donors (Lipinski definition) is 0. The molecule has 0 radical (unpaired) electrons. The van der Waals surface area contributed by atoms with E-state index in [1.807, 2.05) is 0 Å². The minimum absolute atomic E-state index is 0.0273. The number of fused-ring (bicyclic) bond motifs is 3. The number of carbonyl (C=O) groups is 1. The first-order valence-electron chi connectivity index (χ1n) is 9.61. The van der Waals surface area contributed by atoms with E-state index in [0.29, 0.717) is 6.61 Å². The lowest BCUT2D eigenvalue weighted by Crippen LogP contribution is -2.20. The highest BCUT2D eigenvalue weighted by Crippen LogP contribution is 2.44. The molecule has 2 aromatic rings. The summed E-state index contributed by atoms with van der Waals surface area (Å²) in [6.07, 6.45) is 5.29. The standard InChI is InChI=1S/C23H28O2/c1-3-5-6-11-17(4-2)23(24)25-16-22-20-14-9-7-12-18(20)19-13-8-10-15-21(19)22/h7-10,12-15,17,22H,3-6,11,16H2,1-2H3. The summed E-state index contributed by atoms with van der Waals surface area (Å²) >= 11 is 0. The average molecular weight is 336 g/mol. The van der Waals surface area contributed by atoms with Gasteiger partial charge >= 0.3 is 5.97 Å². The number of benzene rings is 2. The number of rotatable bonds is 8. The van der Waals surface area contributed by atoms with Crippen LogP contribution in [0, 0.1) is 5.92 Å². The zero-order valence-electron chi connectivity index (χ0n) is 15.3. The summed E-state index contributed by atoms with van der Waals surface area (Å²) < 4.78 is 5.78. The van der Waals surface area contributed by atoms with E-state index in [1.165, 1.54) is 35.1 Å². The lowest BCUT2D eigenvalue weighted by Gasteiger charge is -2.18. The van der Waals surface area contributed by atoms with E-state index >= 15 is 0 Å². The Hall–Kier alpha value is -2.09. The lowest BCUT2D eigenvalue weighted by molar-refractivity contribution is -0.149. The fourth-order valence-electron chi connectivity index (χ4n) is 3.85. The zero-order valence-corrected chi connectivity index (χ0v) is 15.3. The van der Waals surface area contributed by atoms with Crippen molar-refractivity contribution in [3.63, 3.8) is 0 Å². The molecule has 2 aromatic carbocycles. The van der Waals surface area contributed by atoms with Crippen molar-refractivity contribution < 1.29 is 9.53 Å². The molecule has 1 atom stereocenters. The van der Waals surface area contributed by atoms with Crippen LogP contribution in [0.15, 0.2) is 48.5 Å². The quantitative estimate of drug-likeness (QED) is 0.440. The van der Waals surface area contributed by atoms with E-state index in [9.17, 15) is 4.79 Å². The first kappa shape index (κ1) is 17.7. The third-order valence-electron chi connectivity index (χ3n) is 5.34. The summed E-state index contributed by atoms with van der Waals surface area (Å²) in [7, 11) is 0. The first-order chi connectivity index (χ1) is 12.3. The molecule has 2 nitrogen and oxygen atoms in total. The van der Waals surface area contributed by atoms with Crippen molar-refractivity contribution >= 4 is 5.97 Å². The van der Waals surface area contributed by atoms with Crippen molar-refractivity contribution in [2.24, 2.45) is 5.92 Å². The van der Waals surface area contributed by atoms with Crippen LogP contribution in [0.2, 0.25) is 0 Å². The van der Waals surface area contributed by atoms with Crippen LogP contribution < -0.4 is 0 Å². The van der Waals surface area contributed by atoms with Crippen molar-refractivity contribution in [2.45, 2.75) is 51.9 Å². The molecule has 132 valence electrons. The Balaban J connectivity index is 1.70. The molecule has 0 aliphatic heterocycles. The maximum Gasteiger partial charge on any atom is 0.308 e. The Morgan fingerprint density at radius 2 is 1.56 bits per heavy atom. The Bertz CT molecular complexity index is 674. The van der Waals surface area contributed by atoms with Crippen LogP contribution in [0.25, 0.3) is 11.1 Å². The molecule has 0 spiro atoms. The summed E-state index contributed by atoms with van der Waals surface area (Å²) in [5.74, 6) is 0.170. The van der Waals surface area contributed by atoms with Crippen LogP contribution in [0.5, 0.6) is 0 Å².